The van der Waals surface area contributed by atoms with E-state index in [1.54, 1.807) is 0 Å². The molecule has 6 nitrogen and oxygen atoms in total. The molecule has 2 atom stereocenters. The first-order chi connectivity index (χ1) is 8.65. The number of anilines is 1. The van der Waals surface area contributed by atoms with Crippen LogP contribution >= 0.6 is 11.6 Å². The molecule has 0 bridgehead atoms. The van der Waals surface area contributed by atoms with Gasteiger partial charge in [-0.3, -0.25) is 4.79 Å². The summed E-state index contributed by atoms with van der Waals surface area (Å²) in [5.74, 6) is 0.485. The van der Waals surface area contributed by atoms with Gasteiger partial charge in [-0.05, 0) is 6.92 Å². The van der Waals surface area contributed by atoms with Gasteiger partial charge in [0.05, 0.1) is 24.4 Å². The van der Waals surface area contributed by atoms with E-state index in [9.17, 15) is 9.90 Å². The van der Waals surface area contributed by atoms with Crippen molar-refractivity contribution in [2.45, 2.75) is 19.1 Å². The Kier molecular flexibility index (Phi) is 4.11. The molecule has 0 aromatic carbocycles. The maximum atomic E-state index is 11.1. The fourth-order valence-electron chi connectivity index (χ4n) is 2.04. The number of rotatable bonds is 3. The fraction of sp³-hybridized carbons (Fsp3) is 0.545. The number of carbonyl (C=O) groups excluding carboxylic acids is 1. The molecule has 2 unspecified atom stereocenters. The number of nitrogens with zero attached hydrogens (tertiary/aromatic N) is 3. The van der Waals surface area contributed by atoms with Gasteiger partial charge in [0.25, 0.3) is 0 Å². The summed E-state index contributed by atoms with van der Waals surface area (Å²) in [5, 5.41) is 9.31. The summed E-state index contributed by atoms with van der Waals surface area (Å²) in [7, 11) is 0. The van der Waals surface area contributed by atoms with E-state index in [1.807, 2.05) is 11.8 Å². The molecule has 1 N–H and O–H groups in total. The third kappa shape index (κ3) is 2.60. The first-order valence-corrected chi connectivity index (χ1v) is 6.00. The van der Waals surface area contributed by atoms with E-state index in [4.69, 9.17) is 16.3 Å². The number of carbonyl (C=O) groups is 1. The number of aromatic nitrogens is 2. The second kappa shape index (κ2) is 5.60. The van der Waals surface area contributed by atoms with Gasteiger partial charge < -0.3 is 14.7 Å². The standard InChI is InChI=1S/C11H14ClN3O3/c1-7-2-15(3-8(4-16)18-7)11-9(5-17)10(12)13-6-14-11/h5-8,16H,2-4H2,1H3. The zero-order chi connectivity index (χ0) is 13.1. The van der Waals surface area contributed by atoms with Crippen molar-refractivity contribution in [3.8, 4) is 0 Å². The van der Waals surface area contributed by atoms with E-state index in [0.717, 1.165) is 0 Å². The molecule has 1 aromatic rings. The summed E-state index contributed by atoms with van der Waals surface area (Å²) in [6, 6.07) is 0. The zero-order valence-corrected chi connectivity index (χ0v) is 10.7. The number of morpholine rings is 1. The molecule has 98 valence electrons. The first kappa shape index (κ1) is 13.2. The van der Waals surface area contributed by atoms with Gasteiger partial charge in [-0.1, -0.05) is 11.6 Å². The van der Waals surface area contributed by atoms with E-state index in [0.29, 0.717) is 25.2 Å². The van der Waals surface area contributed by atoms with Crippen LogP contribution in [0.5, 0.6) is 0 Å². The number of hydrogen-bond donors (Lipinski definition) is 1. The Morgan fingerprint density at radius 3 is 3.06 bits per heavy atom. The minimum Gasteiger partial charge on any atom is -0.394 e. The molecule has 0 saturated carbocycles. The van der Waals surface area contributed by atoms with Crippen LogP contribution in [0.15, 0.2) is 6.33 Å². The molecular formula is C11H14ClN3O3. The van der Waals surface area contributed by atoms with E-state index in [-0.39, 0.29) is 29.5 Å². The van der Waals surface area contributed by atoms with Gasteiger partial charge in [0.2, 0.25) is 0 Å². The number of aldehydes is 1. The number of halogens is 1. The van der Waals surface area contributed by atoms with Crippen LogP contribution in [0.25, 0.3) is 0 Å². The van der Waals surface area contributed by atoms with Crippen LogP contribution in [0.4, 0.5) is 5.82 Å². The van der Waals surface area contributed by atoms with Gasteiger partial charge >= 0.3 is 0 Å². The van der Waals surface area contributed by atoms with Crippen LogP contribution < -0.4 is 4.90 Å². The Labute approximate surface area is 110 Å². The first-order valence-electron chi connectivity index (χ1n) is 5.62. The number of aliphatic hydroxyl groups excluding tert-OH is 1. The van der Waals surface area contributed by atoms with Crippen molar-refractivity contribution in [2.24, 2.45) is 0 Å². The summed E-state index contributed by atoms with van der Waals surface area (Å²) in [5.41, 5.74) is 0.268. The minimum absolute atomic E-state index is 0.0517. The molecule has 2 heterocycles. The van der Waals surface area contributed by atoms with Crippen LogP contribution in [0, 0.1) is 0 Å². The van der Waals surface area contributed by atoms with Gasteiger partial charge in [-0.2, -0.15) is 0 Å². The summed E-state index contributed by atoms with van der Waals surface area (Å²) in [4.78, 5) is 20.8. The zero-order valence-electron chi connectivity index (χ0n) is 9.91. The number of ether oxygens (including phenoxy) is 1. The second-order valence-electron chi connectivity index (χ2n) is 4.18. The average Bonchev–Trinajstić information content (AvgIpc) is 2.37. The van der Waals surface area contributed by atoms with Crippen molar-refractivity contribution in [1.82, 2.24) is 9.97 Å². The number of aliphatic hydroxyl groups is 1. The van der Waals surface area contributed by atoms with E-state index in [1.165, 1.54) is 6.33 Å². The molecule has 18 heavy (non-hydrogen) atoms. The lowest BCUT2D eigenvalue weighted by Gasteiger charge is -2.37. The smallest absolute Gasteiger partial charge is 0.156 e. The normalized spacial score (nSPS) is 24.1. The molecule has 1 aliphatic rings. The van der Waals surface area contributed by atoms with Gasteiger partial charge in [0, 0.05) is 13.1 Å². The Bertz CT molecular complexity index is 444. The van der Waals surface area contributed by atoms with Crippen molar-refractivity contribution in [3.63, 3.8) is 0 Å². The maximum absolute atomic E-state index is 11.1. The van der Waals surface area contributed by atoms with Crippen LogP contribution in [-0.4, -0.2) is 53.3 Å². The minimum atomic E-state index is -0.290. The van der Waals surface area contributed by atoms with Crippen molar-refractivity contribution in [2.75, 3.05) is 24.6 Å². The molecule has 0 spiro atoms. The van der Waals surface area contributed by atoms with Gasteiger partial charge in [0.15, 0.2) is 6.29 Å². The molecule has 0 radical (unpaired) electrons. The lowest BCUT2D eigenvalue weighted by atomic mass is 10.2. The van der Waals surface area contributed by atoms with E-state index < -0.39 is 0 Å². The Balaban J connectivity index is 2.30. The Hall–Kier alpha value is -1.24. The molecular weight excluding hydrogens is 258 g/mol. The van der Waals surface area contributed by atoms with Crippen molar-refractivity contribution in [3.05, 3.63) is 17.0 Å². The summed E-state index contributed by atoms with van der Waals surface area (Å²) >= 11 is 5.87. The monoisotopic (exact) mass is 271 g/mol. The maximum Gasteiger partial charge on any atom is 0.156 e. The van der Waals surface area contributed by atoms with Crippen molar-refractivity contribution in [1.29, 1.82) is 0 Å². The molecule has 1 aliphatic heterocycles. The van der Waals surface area contributed by atoms with Crippen molar-refractivity contribution < 1.29 is 14.6 Å². The summed E-state index contributed by atoms with van der Waals surface area (Å²) < 4.78 is 5.53. The number of hydrogen-bond acceptors (Lipinski definition) is 6. The predicted octanol–water partition coefficient (Wildman–Crippen LogP) is 0.528. The van der Waals surface area contributed by atoms with Gasteiger partial charge in [0.1, 0.15) is 17.3 Å². The van der Waals surface area contributed by atoms with E-state index >= 15 is 0 Å². The van der Waals surface area contributed by atoms with Gasteiger partial charge in [-0.15, -0.1) is 0 Å². The van der Waals surface area contributed by atoms with Crippen molar-refractivity contribution >= 4 is 23.7 Å². The van der Waals surface area contributed by atoms with Crippen LogP contribution in [0.2, 0.25) is 5.15 Å². The van der Waals surface area contributed by atoms with E-state index in [2.05, 4.69) is 9.97 Å². The molecule has 1 aromatic heterocycles. The highest BCUT2D eigenvalue weighted by molar-refractivity contribution is 6.32. The topological polar surface area (TPSA) is 75.6 Å². The Morgan fingerprint density at radius 2 is 2.39 bits per heavy atom. The lowest BCUT2D eigenvalue weighted by molar-refractivity contribution is -0.0423. The Morgan fingerprint density at radius 1 is 1.61 bits per heavy atom. The second-order valence-corrected chi connectivity index (χ2v) is 4.53. The largest absolute Gasteiger partial charge is 0.394 e. The molecule has 0 aliphatic carbocycles. The molecule has 7 heteroatoms. The average molecular weight is 272 g/mol. The molecule has 2 rings (SSSR count). The van der Waals surface area contributed by atoms with Crippen LogP contribution in [0.1, 0.15) is 17.3 Å². The predicted molar refractivity (Wildman–Crippen MR) is 66.1 cm³/mol. The van der Waals surface area contributed by atoms with Crippen LogP contribution in [0.3, 0.4) is 0 Å². The summed E-state index contributed by atoms with van der Waals surface area (Å²) in [6.45, 7) is 2.88. The van der Waals surface area contributed by atoms with Crippen LogP contribution in [-0.2, 0) is 4.74 Å². The quantitative estimate of drug-likeness (QED) is 0.638. The lowest BCUT2D eigenvalue weighted by Crippen LogP contribution is -2.48. The highest BCUT2D eigenvalue weighted by Gasteiger charge is 2.27. The highest BCUT2D eigenvalue weighted by atomic mass is 35.5. The summed E-state index contributed by atoms with van der Waals surface area (Å²) in [6.07, 6.45) is 1.62. The SMILES string of the molecule is CC1CN(c2ncnc(Cl)c2C=O)CC(CO)O1. The highest BCUT2D eigenvalue weighted by Crippen LogP contribution is 2.24. The van der Waals surface area contributed by atoms with Gasteiger partial charge in [-0.25, -0.2) is 9.97 Å². The fourth-order valence-corrected chi connectivity index (χ4v) is 2.21. The third-order valence-corrected chi connectivity index (χ3v) is 3.06. The molecule has 1 saturated heterocycles. The molecule has 0 amide bonds. The third-order valence-electron chi connectivity index (χ3n) is 2.76. The molecule has 1 fully saturated rings.